The molecule has 0 aliphatic heterocycles. The zero-order valence-corrected chi connectivity index (χ0v) is 10.2. The molecule has 0 amide bonds. The molecule has 102 valence electrons. The average molecular weight is 276 g/mol. The van der Waals surface area contributed by atoms with E-state index < -0.39 is 17.6 Å². The number of nitrogens with one attached hydrogen (secondary N) is 1. The second-order valence-electron chi connectivity index (χ2n) is 3.92. The standard InChI is InChI=1S/C14H10F2N2O2/c15-11-5-6-13(12(16)7-11)18-17-8-9-1-3-10(4-2-9)14(19)20/h1-8,18H,(H,19,20)/b17-8-. The normalized spacial score (nSPS) is 10.7. The highest BCUT2D eigenvalue weighted by Crippen LogP contribution is 2.14. The zero-order chi connectivity index (χ0) is 14.5. The van der Waals surface area contributed by atoms with E-state index in [9.17, 15) is 13.6 Å². The lowest BCUT2D eigenvalue weighted by molar-refractivity contribution is 0.0697. The first kappa shape index (κ1) is 13.7. The van der Waals surface area contributed by atoms with Crippen LogP contribution in [0.2, 0.25) is 0 Å². The molecule has 2 aromatic rings. The van der Waals surface area contributed by atoms with Crippen LogP contribution in [0.5, 0.6) is 0 Å². The minimum absolute atomic E-state index is 0.0461. The van der Waals surface area contributed by atoms with Crippen molar-refractivity contribution in [1.29, 1.82) is 0 Å². The van der Waals surface area contributed by atoms with Gasteiger partial charge in [0.2, 0.25) is 0 Å². The molecule has 0 aromatic heterocycles. The number of carboxylic acid groups (broad SMARTS) is 1. The Hall–Kier alpha value is -2.76. The first-order chi connectivity index (χ1) is 9.56. The van der Waals surface area contributed by atoms with Crippen molar-refractivity contribution in [2.75, 3.05) is 5.43 Å². The fourth-order valence-corrected chi connectivity index (χ4v) is 1.47. The van der Waals surface area contributed by atoms with Crippen molar-refractivity contribution >= 4 is 17.9 Å². The summed E-state index contributed by atoms with van der Waals surface area (Å²) in [5.74, 6) is -2.43. The molecule has 2 N–H and O–H groups in total. The summed E-state index contributed by atoms with van der Waals surface area (Å²) in [6, 6.07) is 9.09. The smallest absolute Gasteiger partial charge is 0.335 e. The Morgan fingerprint density at radius 3 is 2.45 bits per heavy atom. The molecule has 0 atom stereocenters. The second-order valence-corrected chi connectivity index (χ2v) is 3.92. The van der Waals surface area contributed by atoms with Gasteiger partial charge >= 0.3 is 5.97 Å². The van der Waals surface area contributed by atoms with Gasteiger partial charge in [0.15, 0.2) is 5.82 Å². The number of hydrogen-bond donors (Lipinski definition) is 2. The maximum Gasteiger partial charge on any atom is 0.335 e. The highest BCUT2D eigenvalue weighted by atomic mass is 19.1. The summed E-state index contributed by atoms with van der Waals surface area (Å²) in [7, 11) is 0. The average Bonchev–Trinajstić information content (AvgIpc) is 2.42. The van der Waals surface area contributed by atoms with Crippen molar-refractivity contribution in [2.24, 2.45) is 5.10 Å². The van der Waals surface area contributed by atoms with Crippen LogP contribution in [-0.2, 0) is 0 Å². The summed E-state index contributed by atoms with van der Waals surface area (Å²) in [5.41, 5.74) is 3.29. The molecule has 0 aliphatic carbocycles. The minimum Gasteiger partial charge on any atom is -0.478 e. The van der Waals surface area contributed by atoms with Gasteiger partial charge in [0, 0.05) is 6.07 Å². The molecule has 2 aromatic carbocycles. The van der Waals surface area contributed by atoms with Crippen LogP contribution in [0.15, 0.2) is 47.6 Å². The van der Waals surface area contributed by atoms with Crippen LogP contribution in [0, 0.1) is 11.6 Å². The van der Waals surface area contributed by atoms with Crippen LogP contribution in [0.3, 0.4) is 0 Å². The second kappa shape index (κ2) is 5.92. The van der Waals surface area contributed by atoms with E-state index in [0.29, 0.717) is 5.56 Å². The summed E-state index contributed by atoms with van der Waals surface area (Å²) in [4.78, 5) is 10.7. The number of carbonyl (C=O) groups is 1. The molecule has 0 fully saturated rings. The molecule has 6 heteroatoms. The molecule has 20 heavy (non-hydrogen) atoms. The van der Waals surface area contributed by atoms with E-state index in [1.54, 1.807) is 12.1 Å². The summed E-state index contributed by atoms with van der Waals surface area (Å²) >= 11 is 0. The number of rotatable bonds is 4. The Balaban J connectivity index is 2.04. The molecule has 0 heterocycles. The Labute approximate surface area is 113 Å². The highest BCUT2D eigenvalue weighted by Gasteiger charge is 2.02. The predicted molar refractivity (Wildman–Crippen MR) is 71.0 cm³/mol. The summed E-state index contributed by atoms with van der Waals surface area (Å²) in [5, 5.41) is 12.5. The molecule has 0 saturated heterocycles. The third-order valence-corrected chi connectivity index (χ3v) is 2.49. The minimum atomic E-state index is -1.01. The zero-order valence-electron chi connectivity index (χ0n) is 10.2. The molecule has 0 aliphatic rings. The number of hydrazone groups is 1. The maximum absolute atomic E-state index is 13.3. The van der Waals surface area contributed by atoms with Crippen LogP contribution in [0.25, 0.3) is 0 Å². The van der Waals surface area contributed by atoms with Gasteiger partial charge in [0.25, 0.3) is 0 Å². The van der Waals surface area contributed by atoms with E-state index in [1.165, 1.54) is 24.4 Å². The number of anilines is 1. The quantitative estimate of drug-likeness (QED) is 0.666. The lowest BCUT2D eigenvalue weighted by Gasteiger charge is -2.01. The Morgan fingerprint density at radius 1 is 1.15 bits per heavy atom. The summed E-state index contributed by atoms with van der Waals surface area (Å²) in [6.07, 6.45) is 1.40. The molecule has 0 bridgehead atoms. The number of benzene rings is 2. The molecule has 4 nitrogen and oxygen atoms in total. The van der Waals surface area contributed by atoms with Gasteiger partial charge in [-0.2, -0.15) is 5.10 Å². The highest BCUT2D eigenvalue weighted by molar-refractivity contribution is 5.89. The van der Waals surface area contributed by atoms with Crippen molar-refractivity contribution in [3.63, 3.8) is 0 Å². The van der Waals surface area contributed by atoms with Crippen molar-refractivity contribution in [3.05, 3.63) is 65.2 Å². The Morgan fingerprint density at radius 2 is 1.85 bits per heavy atom. The van der Waals surface area contributed by atoms with E-state index in [4.69, 9.17) is 5.11 Å². The molecule has 0 radical (unpaired) electrons. The first-order valence-corrected chi connectivity index (χ1v) is 5.64. The topological polar surface area (TPSA) is 61.7 Å². The lowest BCUT2D eigenvalue weighted by atomic mass is 10.1. The van der Waals surface area contributed by atoms with E-state index in [1.807, 2.05) is 0 Å². The van der Waals surface area contributed by atoms with Crippen molar-refractivity contribution < 1.29 is 18.7 Å². The van der Waals surface area contributed by atoms with Gasteiger partial charge < -0.3 is 5.11 Å². The van der Waals surface area contributed by atoms with Crippen LogP contribution in [0.4, 0.5) is 14.5 Å². The van der Waals surface area contributed by atoms with Crippen LogP contribution in [0.1, 0.15) is 15.9 Å². The number of nitrogens with zero attached hydrogens (tertiary/aromatic N) is 1. The van der Waals surface area contributed by atoms with E-state index in [0.717, 1.165) is 12.1 Å². The van der Waals surface area contributed by atoms with Crippen molar-refractivity contribution in [3.8, 4) is 0 Å². The number of carboxylic acids is 1. The van der Waals surface area contributed by atoms with Crippen LogP contribution in [-0.4, -0.2) is 17.3 Å². The molecule has 2 rings (SSSR count). The van der Waals surface area contributed by atoms with E-state index in [2.05, 4.69) is 10.5 Å². The van der Waals surface area contributed by atoms with Gasteiger partial charge in [-0.15, -0.1) is 0 Å². The fourth-order valence-electron chi connectivity index (χ4n) is 1.47. The van der Waals surface area contributed by atoms with Gasteiger partial charge in [-0.3, -0.25) is 5.43 Å². The summed E-state index contributed by atoms with van der Waals surface area (Å²) in [6.45, 7) is 0. The Kier molecular flexibility index (Phi) is 4.05. The molecule has 0 saturated carbocycles. The van der Waals surface area contributed by atoms with Gasteiger partial charge in [0.1, 0.15) is 5.82 Å². The van der Waals surface area contributed by atoms with E-state index >= 15 is 0 Å². The van der Waals surface area contributed by atoms with Gasteiger partial charge in [-0.25, -0.2) is 13.6 Å². The molecule has 0 unspecified atom stereocenters. The Bertz CT molecular complexity index is 655. The van der Waals surface area contributed by atoms with E-state index in [-0.39, 0.29) is 11.3 Å². The van der Waals surface area contributed by atoms with Crippen LogP contribution >= 0.6 is 0 Å². The number of halogens is 2. The van der Waals surface area contributed by atoms with Crippen LogP contribution < -0.4 is 5.43 Å². The third-order valence-electron chi connectivity index (χ3n) is 2.49. The summed E-state index contributed by atoms with van der Waals surface area (Å²) < 4.78 is 26.0. The van der Waals surface area contributed by atoms with Gasteiger partial charge in [0.05, 0.1) is 17.5 Å². The molecule has 0 spiro atoms. The van der Waals surface area contributed by atoms with Crippen molar-refractivity contribution in [1.82, 2.24) is 0 Å². The maximum atomic E-state index is 13.3. The first-order valence-electron chi connectivity index (χ1n) is 5.64. The van der Waals surface area contributed by atoms with Gasteiger partial charge in [-0.1, -0.05) is 12.1 Å². The van der Waals surface area contributed by atoms with Gasteiger partial charge in [-0.05, 0) is 29.8 Å². The predicted octanol–water partition coefficient (Wildman–Crippen LogP) is 3.11. The monoisotopic (exact) mass is 276 g/mol. The fraction of sp³-hybridized carbons (Fsp3) is 0. The molecular formula is C14H10F2N2O2. The van der Waals surface area contributed by atoms with Crippen molar-refractivity contribution in [2.45, 2.75) is 0 Å². The number of aromatic carboxylic acids is 1. The lowest BCUT2D eigenvalue weighted by Crippen LogP contribution is -1.97. The third kappa shape index (κ3) is 3.38. The SMILES string of the molecule is O=C(O)c1ccc(/C=N\Nc2ccc(F)cc2F)cc1. The number of hydrogen-bond acceptors (Lipinski definition) is 3. The molecular weight excluding hydrogens is 266 g/mol. The largest absolute Gasteiger partial charge is 0.478 e.